The first kappa shape index (κ1) is 22.4. The van der Waals surface area contributed by atoms with Crippen LogP contribution in [0.2, 0.25) is 0 Å². The average Bonchev–Trinajstić information content (AvgIpc) is 3.40. The van der Waals surface area contributed by atoms with Crippen molar-refractivity contribution in [3.63, 3.8) is 0 Å². The summed E-state index contributed by atoms with van der Waals surface area (Å²) in [6.07, 6.45) is 1.49. The number of ketones is 1. The summed E-state index contributed by atoms with van der Waals surface area (Å²) in [6.45, 7) is 7.83. The van der Waals surface area contributed by atoms with Gasteiger partial charge in [-0.05, 0) is 67.3 Å². The summed E-state index contributed by atoms with van der Waals surface area (Å²) < 4.78 is 11.1. The molecule has 6 heteroatoms. The molecule has 170 valence electrons. The molecule has 4 rings (SSSR count). The Morgan fingerprint density at radius 3 is 2.36 bits per heavy atom. The van der Waals surface area contributed by atoms with Gasteiger partial charge in [0.2, 0.25) is 0 Å². The Morgan fingerprint density at radius 2 is 1.79 bits per heavy atom. The van der Waals surface area contributed by atoms with E-state index in [1.165, 1.54) is 11.2 Å². The zero-order chi connectivity index (χ0) is 23.9. The summed E-state index contributed by atoms with van der Waals surface area (Å²) in [4.78, 5) is 27.8. The number of ether oxygens (including phenoxy) is 1. The third-order valence-corrected chi connectivity index (χ3v) is 6.02. The fourth-order valence-electron chi connectivity index (χ4n) is 4.25. The third kappa shape index (κ3) is 3.82. The van der Waals surface area contributed by atoms with Gasteiger partial charge in [-0.25, -0.2) is 0 Å². The van der Waals surface area contributed by atoms with Gasteiger partial charge in [-0.15, -0.1) is 0 Å². The molecule has 1 aliphatic heterocycles. The van der Waals surface area contributed by atoms with E-state index < -0.39 is 17.7 Å². The largest absolute Gasteiger partial charge is 0.507 e. The second kappa shape index (κ2) is 8.62. The van der Waals surface area contributed by atoms with Gasteiger partial charge in [0.15, 0.2) is 0 Å². The number of methoxy groups -OCH3 is 1. The van der Waals surface area contributed by atoms with Gasteiger partial charge in [-0.3, -0.25) is 14.5 Å². The molecule has 0 bridgehead atoms. The van der Waals surface area contributed by atoms with E-state index in [1.807, 2.05) is 52.0 Å². The predicted octanol–water partition coefficient (Wildman–Crippen LogP) is 5.65. The third-order valence-electron chi connectivity index (χ3n) is 6.02. The maximum absolute atomic E-state index is 13.3. The summed E-state index contributed by atoms with van der Waals surface area (Å²) >= 11 is 0. The maximum atomic E-state index is 13.3. The van der Waals surface area contributed by atoms with Crippen LogP contribution in [-0.2, 0) is 9.59 Å². The first-order valence-corrected chi connectivity index (χ1v) is 10.8. The Morgan fingerprint density at radius 1 is 1.09 bits per heavy atom. The van der Waals surface area contributed by atoms with Gasteiger partial charge in [0, 0.05) is 11.3 Å². The highest BCUT2D eigenvalue weighted by Crippen LogP contribution is 2.43. The minimum absolute atomic E-state index is 0.00139. The van der Waals surface area contributed by atoms with E-state index in [2.05, 4.69) is 0 Å². The highest BCUT2D eigenvalue weighted by molar-refractivity contribution is 6.51. The molecule has 6 nitrogen and oxygen atoms in total. The van der Waals surface area contributed by atoms with Crippen LogP contribution in [0, 0.1) is 13.8 Å². The predicted molar refractivity (Wildman–Crippen MR) is 126 cm³/mol. The Labute approximate surface area is 193 Å². The van der Waals surface area contributed by atoms with E-state index in [-0.39, 0.29) is 17.3 Å². The monoisotopic (exact) mass is 445 g/mol. The zero-order valence-corrected chi connectivity index (χ0v) is 19.4. The minimum atomic E-state index is -0.883. The molecule has 0 spiro atoms. The Kier molecular flexibility index (Phi) is 5.85. The number of carbonyl (C=O) groups is 2. The van der Waals surface area contributed by atoms with Crippen LogP contribution in [0.1, 0.15) is 53.8 Å². The molecule has 1 aromatic heterocycles. The van der Waals surface area contributed by atoms with Crippen LogP contribution in [0.25, 0.3) is 5.76 Å². The Hall–Kier alpha value is -3.80. The normalized spacial score (nSPS) is 17.8. The second-order valence-corrected chi connectivity index (χ2v) is 8.58. The maximum Gasteiger partial charge on any atom is 0.300 e. The van der Waals surface area contributed by atoms with Crippen LogP contribution in [0.3, 0.4) is 0 Å². The smallest absolute Gasteiger partial charge is 0.300 e. The summed E-state index contributed by atoms with van der Waals surface area (Å²) in [6, 6.07) is 13.5. The molecule has 0 aliphatic carbocycles. The lowest BCUT2D eigenvalue weighted by Gasteiger charge is -2.24. The van der Waals surface area contributed by atoms with Gasteiger partial charge in [-0.1, -0.05) is 31.5 Å². The molecule has 33 heavy (non-hydrogen) atoms. The Balaban J connectivity index is 1.95. The van der Waals surface area contributed by atoms with Crippen LogP contribution < -0.4 is 9.64 Å². The molecule has 3 aromatic rings. The summed E-state index contributed by atoms with van der Waals surface area (Å²) in [5.41, 5.74) is 3.69. The first-order valence-electron chi connectivity index (χ1n) is 10.8. The van der Waals surface area contributed by atoms with Crippen LogP contribution in [0.4, 0.5) is 5.69 Å². The van der Waals surface area contributed by atoms with Crippen molar-refractivity contribution in [2.45, 2.75) is 39.7 Å². The van der Waals surface area contributed by atoms with Crippen molar-refractivity contribution in [2.75, 3.05) is 12.0 Å². The fraction of sp³-hybridized carbons (Fsp3) is 0.259. The van der Waals surface area contributed by atoms with Gasteiger partial charge in [-0.2, -0.15) is 0 Å². The second-order valence-electron chi connectivity index (χ2n) is 8.58. The fourth-order valence-corrected chi connectivity index (χ4v) is 4.25. The lowest BCUT2D eigenvalue weighted by molar-refractivity contribution is -0.132. The van der Waals surface area contributed by atoms with Crippen LogP contribution >= 0.6 is 0 Å². The van der Waals surface area contributed by atoms with E-state index >= 15 is 0 Å². The van der Waals surface area contributed by atoms with Crippen molar-refractivity contribution < 1.29 is 23.8 Å². The number of nitrogens with zero attached hydrogens (tertiary/aromatic N) is 1. The summed E-state index contributed by atoms with van der Waals surface area (Å²) in [7, 11) is 1.60. The SMILES string of the molecule is COc1cc(C)c(/C(O)=C2\C(=O)C(=O)N(c3ccc(C)cc3)C2c2ccco2)cc1C(C)C. The van der Waals surface area contributed by atoms with Crippen LogP contribution in [0.5, 0.6) is 5.75 Å². The van der Waals surface area contributed by atoms with E-state index in [9.17, 15) is 14.7 Å². The molecule has 1 amide bonds. The van der Waals surface area contributed by atoms with Crippen molar-refractivity contribution in [1.82, 2.24) is 0 Å². The van der Waals surface area contributed by atoms with Gasteiger partial charge >= 0.3 is 0 Å². The Bertz CT molecular complexity index is 1240. The van der Waals surface area contributed by atoms with Crippen molar-refractivity contribution in [1.29, 1.82) is 0 Å². The number of Topliss-reactive ketones (excluding diaryl/α,β-unsaturated/α-hetero) is 1. The quantitative estimate of drug-likeness (QED) is 0.312. The molecule has 2 heterocycles. The molecule has 1 aliphatic rings. The molecule has 1 saturated heterocycles. The van der Waals surface area contributed by atoms with Crippen molar-refractivity contribution >= 4 is 23.1 Å². The molecule has 0 radical (unpaired) electrons. The van der Waals surface area contributed by atoms with E-state index in [0.29, 0.717) is 22.8 Å². The van der Waals surface area contributed by atoms with Crippen molar-refractivity contribution in [3.05, 3.63) is 88.4 Å². The number of amides is 1. The molecule has 1 fully saturated rings. The van der Waals surface area contributed by atoms with Crippen molar-refractivity contribution in [2.24, 2.45) is 0 Å². The minimum Gasteiger partial charge on any atom is -0.507 e. The summed E-state index contributed by atoms with van der Waals surface area (Å²) in [5.74, 6) is -0.462. The number of hydrogen-bond donors (Lipinski definition) is 1. The van der Waals surface area contributed by atoms with Gasteiger partial charge in [0.05, 0.1) is 18.9 Å². The number of aryl methyl sites for hydroxylation is 2. The number of aliphatic hydroxyl groups excluding tert-OH is 1. The number of anilines is 1. The molecule has 1 atom stereocenters. The topological polar surface area (TPSA) is 80.0 Å². The average molecular weight is 446 g/mol. The number of rotatable bonds is 5. The molecule has 1 unspecified atom stereocenters. The molecule has 0 saturated carbocycles. The van der Waals surface area contributed by atoms with Crippen LogP contribution in [0.15, 0.2) is 64.8 Å². The number of hydrogen-bond acceptors (Lipinski definition) is 5. The van der Waals surface area contributed by atoms with E-state index in [0.717, 1.165) is 16.7 Å². The van der Waals surface area contributed by atoms with Crippen LogP contribution in [-0.4, -0.2) is 23.9 Å². The van der Waals surface area contributed by atoms with Gasteiger partial charge in [0.25, 0.3) is 11.7 Å². The highest BCUT2D eigenvalue weighted by Gasteiger charge is 2.48. The highest BCUT2D eigenvalue weighted by atomic mass is 16.5. The number of furan rings is 1. The van der Waals surface area contributed by atoms with Gasteiger partial charge in [0.1, 0.15) is 23.3 Å². The molecular weight excluding hydrogens is 418 g/mol. The first-order chi connectivity index (χ1) is 15.7. The van der Waals surface area contributed by atoms with Crippen molar-refractivity contribution in [3.8, 4) is 5.75 Å². The number of carbonyl (C=O) groups excluding carboxylic acids is 2. The lowest BCUT2D eigenvalue weighted by atomic mass is 9.92. The lowest BCUT2D eigenvalue weighted by Crippen LogP contribution is -2.29. The van der Waals surface area contributed by atoms with E-state index in [1.54, 1.807) is 31.4 Å². The zero-order valence-electron chi connectivity index (χ0n) is 19.4. The number of benzene rings is 2. The standard InChI is InChI=1S/C27H27NO5/c1-15(2)19-14-20(17(4)13-22(19)32-5)25(29)23-24(21-7-6-12-33-21)28(27(31)26(23)30)18-10-8-16(3)9-11-18/h6-15,24,29H,1-5H3/b25-23+. The molecular formula is C27H27NO5. The molecule has 1 N–H and O–H groups in total. The molecule has 2 aromatic carbocycles. The number of aliphatic hydroxyl groups is 1. The summed E-state index contributed by atoms with van der Waals surface area (Å²) in [5, 5.41) is 11.4. The van der Waals surface area contributed by atoms with E-state index in [4.69, 9.17) is 9.15 Å². The van der Waals surface area contributed by atoms with Gasteiger partial charge < -0.3 is 14.3 Å².